The standard InChI is InChI=1S/C20H21N3O4/c1-12-19(13(2)27-22-12)20(25)23-9-7-18(16(24)11-23)26-17-5-3-4-14-10-21-8-6-15(14)17/h3-6,8,10,16,18,24H,7,9,11H2,1-2H3/t16-,18-/m1/s1. The van der Waals surface area contributed by atoms with Gasteiger partial charge in [-0.25, -0.2) is 0 Å². The first-order valence-corrected chi connectivity index (χ1v) is 8.94. The Labute approximate surface area is 156 Å². The van der Waals surface area contributed by atoms with Crippen molar-refractivity contribution in [3.8, 4) is 5.75 Å². The van der Waals surface area contributed by atoms with Crippen molar-refractivity contribution in [2.45, 2.75) is 32.5 Å². The minimum atomic E-state index is -0.778. The Balaban J connectivity index is 1.48. The lowest BCUT2D eigenvalue weighted by Gasteiger charge is -2.36. The maximum Gasteiger partial charge on any atom is 0.259 e. The van der Waals surface area contributed by atoms with E-state index in [1.54, 1.807) is 31.1 Å². The lowest BCUT2D eigenvalue weighted by atomic mass is 10.0. The molecule has 2 atom stereocenters. The summed E-state index contributed by atoms with van der Waals surface area (Å²) >= 11 is 0. The molecule has 1 fully saturated rings. The number of pyridine rings is 1. The van der Waals surface area contributed by atoms with E-state index >= 15 is 0 Å². The molecule has 1 saturated heterocycles. The third-order valence-electron chi connectivity index (χ3n) is 4.97. The number of piperidine rings is 1. The molecule has 0 aliphatic carbocycles. The number of hydrogen-bond donors (Lipinski definition) is 1. The molecule has 0 unspecified atom stereocenters. The van der Waals surface area contributed by atoms with E-state index in [2.05, 4.69) is 10.1 Å². The molecule has 1 aliphatic heterocycles. The molecule has 4 rings (SSSR count). The van der Waals surface area contributed by atoms with Crippen LogP contribution < -0.4 is 4.74 Å². The fourth-order valence-corrected chi connectivity index (χ4v) is 3.54. The van der Waals surface area contributed by atoms with Gasteiger partial charge in [0.15, 0.2) is 0 Å². The van der Waals surface area contributed by atoms with Crippen LogP contribution in [0.4, 0.5) is 0 Å². The number of ether oxygens (including phenoxy) is 1. The van der Waals surface area contributed by atoms with E-state index in [1.165, 1.54) is 0 Å². The van der Waals surface area contributed by atoms with E-state index in [0.29, 0.717) is 35.7 Å². The van der Waals surface area contributed by atoms with Crippen molar-refractivity contribution < 1.29 is 19.2 Å². The molecular formula is C20H21N3O4. The number of carbonyl (C=O) groups excluding carboxylic acids is 1. The minimum absolute atomic E-state index is 0.167. The van der Waals surface area contributed by atoms with Gasteiger partial charge in [0, 0.05) is 36.1 Å². The number of β-amino-alcohol motifs (C(OH)–C–C–N with tert-alkyl or cyclic N) is 1. The second-order valence-corrected chi connectivity index (χ2v) is 6.82. The molecule has 1 amide bonds. The number of aliphatic hydroxyl groups is 1. The van der Waals surface area contributed by atoms with Crippen LogP contribution >= 0.6 is 0 Å². The van der Waals surface area contributed by atoms with Crippen LogP contribution in [-0.4, -0.2) is 51.4 Å². The maximum absolute atomic E-state index is 12.8. The molecule has 27 heavy (non-hydrogen) atoms. The van der Waals surface area contributed by atoms with Gasteiger partial charge in [0.1, 0.15) is 29.3 Å². The zero-order valence-corrected chi connectivity index (χ0v) is 15.3. The Hall–Kier alpha value is -2.93. The minimum Gasteiger partial charge on any atom is -0.487 e. The molecule has 1 N–H and O–H groups in total. The van der Waals surface area contributed by atoms with Crippen LogP contribution in [0.2, 0.25) is 0 Å². The quantitative estimate of drug-likeness (QED) is 0.765. The van der Waals surface area contributed by atoms with Crippen LogP contribution in [0.3, 0.4) is 0 Å². The monoisotopic (exact) mass is 367 g/mol. The third-order valence-corrected chi connectivity index (χ3v) is 4.97. The zero-order chi connectivity index (χ0) is 19.0. The van der Waals surface area contributed by atoms with E-state index in [9.17, 15) is 9.90 Å². The second-order valence-electron chi connectivity index (χ2n) is 6.82. The molecule has 7 nitrogen and oxygen atoms in total. The number of aromatic nitrogens is 2. The number of fused-ring (bicyclic) bond motifs is 1. The number of amides is 1. The summed E-state index contributed by atoms with van der Waals surface area (Å²) in [6.07, 6.45) is 2.88. The largest absolute Gasteiger partial charge is 0.487 e. The Kier molecular flexibility index (Phi) is 4.53. The highest BCUT2D eigenvalue weighted by molar-refractivity contribution is 5.96. The Morgan fingerprint density at radius 2 is 2.19 bits per heavy atom. The summed E-state index contributed by atoms with van der Waals surface area (Å²) in [5.41, 5.74) is 1.04. The average molecular weight is 367 g/mol. The maximum atomic E-state index is 12.8. The SMILES string of the molecule is Cc1noc(C)c1C(=O)N1CC[C@@H](Oc2cccc3cnccc23)[C@H](O)C1. The van der Waals surface area contributed by atoms with Gasteiger partial charge in [-0.2, -0.15) is 0 Å². The molecule has 0 bridgehead atoms. The van der Waals surface area contributed by atoms with E-state index in [-0.39, 0.29) is 18.6 Å². The Bertz CT molecular complexity index is 960. The van der Waals surface area contributed by atoms with Gasteiger partial charge in [-0.05, 0) is 26.0 Å². The third kappa shape index (κ3) is 3.26. The highest BCUT2D eigenvalue weighted by Crippen LogP contribution is 2.28. The summed E-state index contributed by atoms with van der Waals surface area (Å²) in [6.45, 7) is 4.16. The van der Waals surface area contributed by atoms with Crippen molar-refractivity contribution in [3.05, 3.63) is 53.7 Å². The number of carbonyl (C=O) groups is 1. The number of rotatable bonds is 3. The summed E-state index contributed by atoms with van der Waals surface area (Å²) in [6, 6.07) is 7.65. The molecule has 1 aromatic carbocycles. The molecular weight excluding hydrogens is 346 g/mol. The topological polar surface area (TPSA) is 88.7 Å². The van der Waals surface area contributed by atoms with E-state index in [1.807, 2.05) is 24.3 Å². The summed E-state index contributed by atoms with van der Waals surface area (Å²) in [4.78, 5) is 18.5. The highest BCUT2D eigenvalue weighted by Gasteiger charge is 2.34. The van der Waals surface area contributed by atoms with E-state index < -0.39 is 6.10 Å². The van der Waals surface area contributed by atoms with Gasteiger partial charge in [-0.15, -0.1) is 0 Å². The second kappa shape index (κ2) is 7.00. The van der Waals surface area contributed by atoms with Crippen LogP contribution in [0.25, 0.3) is 10.8 Å². The van der Waals surface area contributed by atoms with Gasteiger partial charge < -0.3 is 19.3 Å². The van der Waals surface area contributed by atoms with Crippen LogP contribution in [-0.2, 0) is 0 Å². The summed E-state index contributed by atoms with van der Waals surface area (Å²) in [5.74, 6) is 1.04. The molecule has 0 spiro atoms. The van der Waals surface area contributed by atoms with Crippen LogP contribution in [0, 0.1) is 13.8 Å². The molecule has 3 heterocycles. The molecule has 3 aromatic rings. The normalized spacial score (nSPS) is 20.0. The predicted molar refractivity (Wildman–Crippen MR) is 98.7 cm³/mol. The number of aliphatic hydroxyl groups excluding tert-OH is 1. The smallest absolute Gasteiger partial charge is 0.259 e. The van der Waals surface area contributed by atoms with Gasteiger partial charge in [-0.3, -0.25) is 9.78 Å². The summed E-state index contributed by atoms with van der Waals surface area (Å²) in [7, 11) is 0. The van der Waals surface area contributed by atoms with Crippen molar-refractivity contribution in [1.82, 2.24) is 15.0 Å². The molecule has 140 valence electrons. The number of benzene rings is 1. The van der Waals surface area contributed by atoms with Crippen molar-refractivity contribution in [2.75, 3.05) is 13.1 Å². The molecule has 0 saturated carbocycles. The van der Waals surface area contributed by atoms with Crippen LogP contribution in [0.15, 0.2) is 41.2 Å². The number of aryl methyl sites for hydroxylation is 2. The average Bonchev–Trinajstić information content (AvgIpc) is 3.01. The predicted octanol–water partition coefficient (Wildman–Crippen LogP) is 2.49. The summed E-state index contributed by atoms with van der Waals surface area (Å²) < 4.78 is 11.2. The molecule has 7 heteroatoms. The lowest BCUT2D eigenvalue weighted by Crippen LogP contribution is -2.51. The van der Waals surface area contributed by atoms with Gasteiger partial charge in [0.25, 0.3) is 5.91 Å². The van der Waals surface area contributed by atoms with Crippen molar-refractivity contribution in [2.24, 2.45) is 0 Å². The summed E-state index contributed by atoms with van der Waals surface area (Å²) in [5, 5.41) is 16.4. The first kappa shape index (κ1) is 17.5. The number of nitrogens with zero attached hydrogens (tertiary/aromatic N) is 3. The number of likely N-dealkylation sites (tertiary alicyclic amines) is 1. The van der Waals surface area contributed by atoms with Gasteiger partial charge in [0.05, 0.1) is 12.2 Å². The van der Waals surface area contributed by atoms with Gasteiger partial charge in [-0.1, -0.05) is 17.3 Å². The lowest BCUT2D eigenvalue weighted by molar-refractivity contribution is -0.0193. The Morgan fingerprint density at radius 3 is 2.93 bits per heavy atom. The first-order chi connectivity index (χ1) is 13.0. The first-order valence-electron chi connectivity index (χ1n) is 8.94. The van der Waals surface area contributed by atoms with Crippen molar-refractivity contribution >= 4 is 16.7 Å². The van der Waals surface area contributed by atoms with Gasteiger partial charge in [0.2, 0.25) is 0 Å². The van der Waals surface area contributed by atoms with Crippen LogP contribution in [0.1, 0.15) is 28.2 Å². The van der Waals surface area contributed by atoms with Crippen molar-refractivity contribution in [3.63, 3.8) is 0 Å². The van der Waals surface area contributed by atoms with E-state index in [4.69, 9.17) is 9.26 Å². The fraction of sp³-hybridized carbons (Fsp3) is 0.350. The Morgan fingerprint density at radius 1 is 1.33 bits per heavy atom. The highest BCUT2D eigenvalue weighted by atomic mass is 16.5. The molecule has 1 aliphatic rings. The molecule has 2 aromatic heterocycles. The zero-order valence-electron chi connectivity index (χ0n) is 15.3. The molecule has 0 radical (unpaired) electrons. The van der Waals surface area contributed by atoms with Crippen molar-refractivity contribution in [1.29, 1.82) is 0 Å². The fourth-order valence-electron chi connectivity index (χ4n) is 3.54. The van der Waals surface area contributed by atoms with Gasteiger partial charge >= 0.3 is 0 Å². The van der Waals surface area contributed by atoms with E-state index in [0.717, 1.165) is 10.8 Å². The van der Waals surface area contributed by atoms with Crippen LogP contribution in [0.5, 0.6) is 5.75 Å². The number of hydrogen-bond acceptors (Lipinski definition) is 6.